The summed E-state index contributed by atoms with van der Waals surface area (Å²) in [4.78, 5) is 4.23. The average molecular weight is 355 g/mol. The van der Waals surface area contributed by atoms with Gasteiger partial charge in [-0.1, -0.05) is 48.0 Å². The third-order valence-electron chi connectivity index (χ3n) is 4.04. The Morgan fingerprint density at radius 3 is 2.44 bits per heavy atom. The van der Waals surface area contributed by atoms with Crippen LogP contribution in [0.1, 0.15) is 22.5 Å². The fourth-order valence-electron chi connectivity index (χ4n) is 2.67. The third kappa shape index (κ3) is 4.35. The molecule has 0 aliphatic rings. The molecule has 5 nitrogen and oxygen atoms in total. The first-order valence-electron chi connectivity index (χ1n) is 8.06. The molecule has 0 atom stereocenters. The van der Waals surface area contributed by atoms with E-state index in [1.54, 1.807) is 6.20 Å². The predicted molar refractivity (Wildman–Crippen MR) is 98.9 cm³/mol. The van der Waals surface area contributed by atoms with Crippen molar-refractivity contribution in [2.75, 3.05) is 0 Å². The summed E-state index contributed by atoms with van der Waals surface area (Å²) in [5.74, 6) is 0.828. The van der Waals surface area contributed by atoms with Gasteiger partial charge >= 0.3 is 0 Å². The highest BCUT2D eigenvalue weighted by atomic mass is 32.2. The Labute approximate surface area is 148 Å². The summed E-state index contributed by atoms with van der Waals surface area (Å²) in [6, 6.07) is 15.2. The Morgan fingerprint density at radius 2 is 1.76 bits per heavy atom. The van der Waals surface area contributed by atoms with Gasteiger partial charge < -0.3 is 4.57 Å². The number of benzene rings is 2. The average Bonchev–Trinajstić information content (AvgIpc) is 3.01. The van der Waals surface area contributed by atoms with Crippen LogP contribution in [-0.2, 0) is 22.3 Å². The van der Waals surface area contributed by atoms with E-state index in [-0.39, 0.29) is 12.3 Å². The molecule has 6 heteroatoms. The molecule has 0 spiro atoms. The Hall–Kier alpha value is -2.44. The Bertz CT molecular complexity index is 960. The molecule has 0 saturated carbocycles. The third-order valence-corrected chi connectivity index (χ3v) is 5.33. The molecule has 3 aromatic rings. The number of hydrogen-bond acceptors (Lipinski definition) is 3. The minimum Gasteiger partial charge on any atom is -0.304 e. The summed E-state index contributed by atoms with van der Waals surface area (Å²) in [5.41, 5.74) is 3.71. The molecule has 3 rings (SSSR count). The number of aromatic nitrogens is 2. The van der Waals surface area contributed by atoms with Crippen molar-refractivity contribution in [3.05, 3.63) is 83.4 Å². The van der Waals surface area contributed by atoms with Crippen molar-refractivity contribution in [1.82, 2.24) is 14.3 Å². The summed E-state index contributed by atoms with van der Waals surface area (Å²) in [6.45, 7) is 4.13. The van der Waals surface area contributed by atoms with Crippen LogP contribution < -0.4 is 4.72 Å². The van der Waals surface area contributed by atoms with Gasteiger partial charge in [-0.2, -0.15) is 0 Å². The minimum absolute atomic E-state index is 0.0282. The molecule has 0 unspecified atom stereocenters. The van der Waals surface area contributed by atoms with Gasteiger partial charge in [-0.05, 0) is 31.0 Å². The van der Waals surface area contributed by atoms with Gasteiger partial charge in [-0.3, -0.25) is 0 Å². The van der Waals surface area contributed by atoms with Crippen molar-refractivity contribution in [3.63, 3.8) is 0 Å². The van der Waals surface area contributed by atoms with Gasteiger partial charge in [0.2, 0.25) is 10.0 Å². The molecule has 0 saturated heterocycles. The fourth-order valence-corrected chi connectivity index (χ4v) is 3.78. The molecule has 130 valence electrons. The van der Waals surface area contributed by atoms with Crippen molar-refractivity contribution >= 4 is 10.0 Å². The highest BCUT2D eigenvalue weighted by molar-refractivity contribution is 7.88. The second-order valence-corrected chi connectivity index (χ2v) is 7.85. The van der Waals surface area contributed by atoms with Crippen LogP contribution in [0.4, 0.5) is 0 Å². The SMILES string of the molecule is Cc1ccc(CS(=O)(=O)NCc2ccccc2-n2ccnc2C)cc1. The van der Waals surface area contributed by atoms with Crippen molar-refractivity contribution in [1.29, 1.82) is 0 Å². The quantitative estimate of drug-likeness (QED) is 0.739. The van der Waals surface area contributed by atoms with Crippen LogP contribution in [0.3, 0.4) is 0 Å². The number of nitrogens with one attached hydrogen (secondary N) is 1. The van der Waals surface area contributed by atoms with Gasteiger partial charge in [0.25, 0.3) is 0 Å². The van der Waals surface area contributed by atoms with Gasteiger partial charge in [-0.15, -0.1) is 0 Å². The largest absolute Gasteiger partial charge is 0.304 e. The van der Waals surface area contributed by atoms with E-state index < -0.39 is 10.0 Å². The Balaban J connectivity index is 1.75. The number of hydrogen-bond donors (Lipinski definition) is 1. The molecule has 0 bridgehead atoms. The minimum atomic E-state index is -3.42. The zero-order chi connectivity index (χ0) is 17.9. The van der Waals surface area contributed by atoms with E-state index in [0.29, 0.717) is 0 Å². The standard InChI is InChI=1S/C19H21N3O2S/c1-15-7-9-17(10-8-15)14-25(23,24)21-13-18-5-3-4-6-19(18)22-12-11-20-16(22)2/h3-12,21H,13-14H2,1-2H3. The maximum absolute atomic E-state index is 12.4. The molecule has 1 N–H and O–H groups in total. The lowest BCUT2D eigenvalue weighted by molar-refractivity contribution is 0.580. The lowest BCUT2D eigenvalue weighted by Crippen LogP contribution is -2.25. The van der Waals surface area contributed by atoms with Crippen LogP contribution in [-0.4, -0.2) is 18.0 Å². The number of imidazole rings is 1. The van der Waals surface area contributed by atoms with E-state index in [1.807, 2.05) is 73.1 Å². The smallest absolute Gasteiger partial charge is 0.216 e. The summed E-state index contributed by atoms with van der Waals surface area (Å²) in [5, 5.41) is 0. The monoisotopic (exact) mass is 355 g/mol. The number of rotatable bonds is 6. The molecule has 0 fully saturated rings. The van der Waals surface area contributed by atoms with E-state index in [4.69, 9.17) is 0 Å². The van der Waals surface area contributed by atoms with Crippen LogP contribution >= 0.6 is 0 Å². The lowest BCUT2D eigenvalue weighted by Gasteiger charge is -2.13. The highest BCUT2D eigenvalue weighted by Crippen LogP contribution is 2.16. The number of nitrogens with zero attached hydrogens (tertiary/aromatic N) is 2. The van der Waals surface area contributed by atoms with E-state index in [2.05, 4.69) is 9.71 Å². The van der Waals surface area contributed by atoms with Gasteiger partial charge in [-0.25, -0.2) is 18.1 Å². The van der Waals surface area contributed by atoms with Gasteiger partial charge in [0.1, 0.15) is 5.82 Å². The topological polar surface area (TPSA) is 64.0 Å². The van der Waals surface area contributed by atoms with Gasteiger partial charge in [0.05, 0.1) is 11.4 Å². The normalized spacial score (nSPS) is 11.6. The molecular formula is C19H21N3O2S. The van der Waals surface area contributed by atoms with Crippen molar-refractivity contribution in [2.24, 2.45) is 0 Å². The second kappa shape index (κ2) is 7.21. The maximum atomic E-state index is 12.4. The van der Waals surface area contributed by atoms with Crippen molar-refractivity contribution in [3.8, 4) is 5.69 Å². The molecule has 0 aliphatic carbocycles. The van der Waals surface area contributed by atoms with Crippen LogP contribution in [0.15, 0.2) is 60.9 Å². The Kier molecular flexibility index (Phi) is 5.01. The second-order valence-electron chi connectivity index (χ2n) is 6.04. The van der Waals surface area contributed by atoms with Crippen molar-refractivity contribution < 1.29 is 8.42 Å². The first kappa shape index (κ1) is 17.4. The van der Waals surface area contributed by atoms with E-state index in [9.17, 15) is 8.42 Å². The molecular weight excluding hydrogens is 334 g/mol. The summed E-state index contributed by atoms with van der Waals surface area (Å²) in [6.07, 6.45) is 3.60. The number of sulfonamides is 1. The number of para-hydroxylation sites is 1. The number of aryl methyl sites for hydroxylation is 2. The first-order chi connectivity index (χ1) is 11.9. The maximum Gasteiger partial charge on any atom is 0.216 e. The molecule has 25 heavy (non-hydrogen) atoms. The molecule has 1 aromatic heterocycles. The van der Waals surface area contributed by atoms with Crippen LogP contribution in [0.5, 0.6) is 0 Å². The van der Waals surface area contributed by atoms with E-state index in [0.717, 1.165) is 28.2 Å². The van der Waals surface area contributed by atoms with Crippen LogP contribution in [0.2, 0.25) is 0 Å². The fraction of sp³-hybridized carbons (Fsp3) is 0.211. The predicted octanol–water partition coefficient (Wildman–Crippen LogP) is 3.11. The van der Waals surface area contributed by atoms with E-state index in [1.165, 1.54) is 0 Å². The molecule has 2 aromatic carbocycles. The van der Waals surface area contributed by atoms with Crippen LogP contribution in [0, 0.1) is 13.8 Å². The zero-order valence-corrected chi connectivity index (χ0v) is 15.1. The molecule has 0 radical (unpaired) electrons. The molecule has 0 amide bonds. The zero-order valence-electron chi connectivity index (χ0n) is 14.3. The van der Waals surface area contributed by atoms with Crippen LogP contribution in [0.25, 0.3) is 5.69 Å². The van der Waals surface area contributed by atoms with Gasteiger partial charge in [0.15, 0.2) is 0 Å². The Morgan fingerprint density at radius 1 is 1.04 bits per heavy atom. The summed E-state index contributed by atoms with van der Waals surface area (Å²) in [7, 11) is -3.42. The molecule has 1 heterocycles. The summed E-state index contributed by atoms with van der Waals surface area (Å²) >= 11 is 0. The molecule has 0 aliphatic heterocycles. The summed E-state index contributed by atoms with van der Waals surface area (Å²) < 4.78 is 29.4. The lowest BCUT2D eigenvalue weighted by atomic mass is 10.2. The van der Waals surface area contributed by atoms with Gasteiger partial charge in [0, 0.05) is 18.9 Å². The van der Waals surface area contributed by atoms with Crippen molar-refractivity contribution in [2.45, 2.75) is 26.1 Å². The first-order valence-corrected chi connectivity index (χ1v) is 9.71. The highest BCUT2D eigenvalue weighted by Gasteiger charge is 2.13. The van der Waals surface area contributed by atoms with E-state index >= 15 is 0 Å².